The van der Waals surface area contributed by atoms with Crippen LogP contribution in [0.15, 0.2) is 0 Å². The molecule has 2 atom stereocenters. The summed E-state index contributed by atoms with van der Waals surface area (Å²) in [6.45, 7) is 1.97. The topological polar surface area (TPSA) is 40.5 Å². The zero-order chi connectivity index (χ0) is 7.98. The minimum absolute atomic E-state index is 0.182. The van der Waals surface area contributed by atoms with Crippen LogP contribution in [0.2, 0.25) is 0 Å². The van der Waals surface area contributed by atoms with Crippen LogP contribution in [0.1, 0.15) is 26.2 Å². The van der Waals surface area contributed by atoms with Gasteiger partial charge < -0.3 is 10.2 Å². The van der Waals surface area contributed by atoms with E-state index in [0.717, 1.165) is 12.8 Å². The number of halogens is 1. The Morgan fingerprint density at radius 2 is 2.00 bits per heavy atom. The molecule has 2 unspecified atom stereocenters. The van der Waals surface area contributed by atoms with Crippen molar-refractivity contribution in [2.24, 2.45) is 0 Å². The highest BCUT2D eigenvalue weighted by Gasteiger charge is 2.09. The summed E-state index contributed by atoms with van der Waals surface area (Å²) in [4.78, 5) is 0. The molecule has 2 N–H and O–H groups in total. The van der Waals surface area contributed by atoms with Crippen LogP contribution in [-0.2, 0) is 0 Å². The van der Waals surface area contributed by atoms with E-state index < -0.39 is 6.10 Å². The van der Waals surface area contributed by atoms with Crippen molar-refractivity contribution in [3.05, 3.63) is 0 Å². The van der Waals surface area contributed by atoms with Crippen molar-refractivity contribution < 1.29 is 10.2 Å². The van der Waals surface area contributed by atoms with Gasteiger partial charge in [-0.3, -0.25) is 0 Å². The quantitative estimate of drug-likeness (QED) is 0.475. The Balaban J connectivity index is 3.13. The summed E-state index contributed by atoms with van der Waals surface area (Å²) in [5.74, 6) is 0. The van der Waals surface area contributed by atoms with Crippen molar-refractivity contribution in [1.29, 1.82) is 0 Å². The van der Waals surface area contributed by atoms with Crippen LogP contribution >= 0.6 is 11.6 Å². The minimum atomic E-state index is -0.423. The van der Waals surface area contributed by atoms with Gasteiger partial charge in [-0.1, -0.05) is 0 Å². The van der Waals surface area contributed by atoms with Gasteiger partial charge in [-0.05, 0) is 26.2 Å². The SMILES string of the molecule is CC(Cl)C(O)CCCCO. The number of aliphatic hydroxyl groups excluding tert-OH is 2. The Morgan fingerprint density at radius 1 is 1.40 bits per heavy atom. The predicted molar refractivity (Wildman–Crippen MR) is 42.3 cm³/mol. The highest BCUT2D eigenvalue weighted by atomic mass is 35.5. The van der Waals surface area contributed by atoms with Gasteiger partial charge in [-0.2, -0.15) is 0 Å². The number of unbranched alkanes of at least 4 members (excludes halogenated alkanes) is 1. The molecule has 62 valence electrons. The first-order valence-electron chi connectivity index (χ1n) is 3.61. The van der Waals surface area contributed by atoms with E-state index in [4.69, 9.17) is 21.8 Å². The van der Waals surface area contributed by atoms with Gasteiger partial charge >= 0.3 is 0 Å². The Morgan fingerprint density at radius 3 is 2.40 bits per heavy atom. The molecule has 0 heterocycles. The summed E-state index contributed by atoms with van der Waals surface area (Å²) < 4.78 is 0. The standard InChI is InChI=1S/C7H15ClO2/c1-6(8)7(10)4-2-3-5-9/h6-7,9-10H,2-5H2,1H3. The number of hydrogen-bond acceptors (Lipinski definition) is 2. The molecular weight excluding hydrogens is 152 g/mol. The summed E-state index contributed by atoms with van der Waals surface area (Å²) >= 11 is 5.59. The predicted octanol–water partition coefficient (Wildman–Crippen LogP) is 1.14. The van der Waals surface area contributed by atoms with E-state index in [1.54, 1.807) is 6.92 Å². The molecule has 0 radical (unpaired) electrons. The highest BCUT2D eigenvalue weighted by Crippen LogP contribution is 2.08. The van der Waals surface area contributed by atoms with Crippen LogP contribution in [-0.4, -0.2) is 28.3 Å². The van der Waals surface area contributed by atoms with Crippen LogP contribution in [0.25, 0.3) is 0 Å². The van der Waals surface area contributed by atoms with Crippen molar-refractivity contribution in [3.63, 3.8) is 0 Å². The summed E-state index contributed by atoms with van der Waals surface area (Å²) in [6, 6.07) is 0. The average molecular weight is 167 g/mol. The summed E-state index contributed by atoms with van der Waals surface area (Å²) in [6.07, 6.45) is 1.86. The van der Waals surface area contributed by atoms with Crippen molar-refractivity contribution in [2.75, 3.05) is 6.61 Å². The molecule has 0 saturated heterocycles. The molecule has 0 aromatic heterocycles. The molecule has 0 aliphatic rings. The lowest BCUT2D eigenvalue weighted by atomic mass is 10.1. The van der Waals surface area contributed by atoms with Crippen LogP contribution in [0.4, 0.5) is 0 Å². The smallest absolute Gasteiger partial charge is 0.0701 e. The number of aliphatic hydroxyl groups is 2. The Labute approximate surface area is 66.8 Å². The molecule has 0 aliphatic carbocycles. The number of hydrogen-bond donors (Lipinski definition) is 2. The highest BCUT2D eigenvalue weighted by molar-refractivity contribution is 6.20. The first kappa shape index (κ1) is 10.2. The maximum atomic E-state index is 9.14. The third kappa shape index (κ3) is 5.03. The maximum absolute atomic E-state index is 9.14. The van der Waals surface area contributed by atoms with Crippen LogP contribution in [0.3, 0.4) is 0 Å². The monoisotopic (exact) mass is 166 g/mol. The van der Waals surface area contributed by atoms with Crippen molar-refractivity contribution >= 4 is 11.6 Å². The summed E-state index contributed by atoms with van der Waals surface area (Å²) in [5, 5.41) is 17.4. The van der Waals surface area contributed by atoms with Gasteiger partial charge in [0.25, 0.3) is 0 Å². The first-order valence-corrected chi connectivity index (χ1v) is 4.05. The van der Waals surface area contributed by atoms with Crippen LogP contribution in [0, 0.1) is 0 Å². The number of rotatable bonds is 5. The molecule has 0 fully saturated rings. The molecule has 0 rings (SSSR count). The largest absolute Gasteiger partial charge is 0.396 e. The Kier molecular flexibility index (Phi) is 6.08. The second kappa shape index (κ2) is 5.96. The normalized spacial score (nSPS) is 16.8. The lowest BCUT2D eigenvalue weighted by Crippen LogP contribution is -2.17. The van der Waals surface area contributed by atoms with E-state index in [1.165, 1.54) is 0 Å². The molecule has 0 spiro atoms. The van der Waals surface area contributed by atoms with E-state index in [2.05, 4.69) is 0 Å². The first-order chi connectivity index (χ1) is 4.68. The zero-order valence-corrected chi connectivity index (χ0v) is 7.01. The van der Waals surface area contributed by atoms with Gasteiger partial charge in [0.05, 0.1) is 11.5 Å². The lowest BCUT2D eigenvalue weighted by Gasteiger charge is -2.11. The molecule has 3 heteroatoms. The molecule has 0 amide bonds. The summed E-state index contributed by atoms with van der Waals surface area (Å²) in [7, 11) is 0. The molecule has 0 bridgehead atoms. The second-order valence-electron chi connectivity index (χ2n) is 2.46. The van der Waals surface area contributed by atoms with Gasteiger partial charge in [0.2, 0.25) is 0 Å². The van der Waals surface area contributed by atoms with Gasteiger partial charge in [0.15, 0.2) is 0 Å². The third-order valence-electron chi connectivity index (χ3n) is 1.44. The Bertz CT molecular complexity index is 76.0. The molecule has 10 heavy (non-hydrogen) atoms. The molecular formula is C7H15ClO2. The van der Waals surface area contributed by atoms with Gasteiger partial charge in [0.1, 0.15) is 0 Å². The fourth-order valence-corrected chi connectivity index (χ4v) is 0.821. The third-order valence-corrected chi connectivity index (χ3v) is 1.73. The molecule has 0 aromatic carbocycles. The van der Waals surface area contributed by atoms with Crippen molar-refractivity contribution in [3.8, 4) is 0 Å². The molecule has 0 aliphatic heterocycles. The van der Waals surface area contributed by atoms with Gasteiger partial charge in [0, 0.05) is 6.61 Å². The van der Waals surface area contributed by atoms with Gasteiger partial charge in [-0.25, -0.2) is 0 Å². The summed E-state index contributed by atoms with van der Waals surface area (Å²) in [5.41, 5.74) is 0. The van der Waals surface area contributed by atoms with E-state index in [9.17, 15) is 0 Å². The van der Waals surface area contributed by atoms with Crippen molar-refractivity contribution in [1.82, 2.24) is 0 Å². The Hall–Kier alpha value is 0.210. The van der Waals surface area contributed by atoms with E-state index in [1.807, 2.05) is 0 Å². The minimum Gasteiger partial charge on any atom is -0.396 e. The van der Waals surface area contributed by atoms with Gasteiger partial charge in [-0.15, -0.1) is 11.6 Å². The average Bonchev–Trinajstić information content (AvgIpc) is 1.88. The zero-order valence-electron chi connectivity index (χ0n) is 6.26. The maximum Gasteiger partial charge on any atom is 0.0701 e. The van der Waals surface area contributed by atoms with Crippen LogP contribution in [0.5, 0.6) is 0 Å². The van der Waals surface area contributed by atoms with E-state index >= 15 is 0 Å². The fraction of sp³-hybridized carbons (Fsp3) is 1.00. The van der Waals surface area contributed by atoms with E-state index in [-0.39, 0.29) is 12.0 Å². The van der Waals surface area contributed by atoms with E-state index in [0.29, 0.717) is 6.42 Å². The molecule has 0 aromatic rings. The number of alkyl halides is 1. The lowest BCUT2D eigenvalue weighted by molar-refractivity contribution is 0.156. The molecule has 2 nitrogen and oxygen atoms in total. The van der Waals surface area contributed by atoms with Crippen molar-refractivity contribution in [2.45, 2.75) is 37.7 Å². The second-order valence-corrected chi connectivity index (χ2v) is 3.15. The fourth-order valence-electron chi connectivity index (χ4n) is 0.695. The molecule has 0 saturated carbocycles. The van der Waals surface area contributed by atoms with Crippen LogP contribution < -0.4 is 0 Å².